The summed E-state index contributed by atoms with van der Waals surface area (Å²) in [4.78, 5) is 12.9. The molecule has 0 spiro atoms. The lowest BCUT2D eigenvalue weighted by Crippen LogP contribution is -2.36. The van der Waals surface area contributed by atoms with Crippen molar-refractivity contribution >= 4 is 5.97 Å². The molecular formula is C10H19NO3. The lowest BCUT2D eigenvalue weighted by atomic mass is 10.2. The Hall–Kier alpha value is -0.610. The maximum absolute atomic E-state index is 10.8. The quantitative estimate of drug-likeness (QED) is 0.650. The zero-order valence-corrected chi connectivity index (χ0v) is 8.74. The van der Waals surface area contributed by atoms with Crippen LogP contribution in [0.25, 0.3) is 0 Å². The van der Waals surface area contributed by atoms with Crippen LogP contribution in [0.4, 0.5) is 0 Å². The van der Waals surface area contributed by atoms with Crippen LogP contribution in [-0.2, 0) is 9.53 Å². The minimum absolute atomic E-state index is 0.238. The van der Waals surface area contributed by atoms with Gasteiger partial charge in [-0.25, -0.2) is 0 Å². The van der Waals surface area contributed by atoms with Crippen molar-refractivity contribution in [2.24, 2.45) is 0 Å². The van der Waals surface area contributed by atoms with Gasteiger partial charge >= 0.3 is 5.97 Å². The minimum Gasteiger partial charge on any atom is -0.480 e. The minimum atomic E-state index is -0.672. The van der Waals surface area contributed by atoms with E-state index in [0.717, 1.165) is 45.4 Å². The van der Waals surface area contributed by atoms with E-state index in [1.54, 1.807) is 7.11 Å². The smallest absolute Gasteiger partial charge is 0.320 e. The molecule has 0 aromatic carbocycles. The highest BCUT2D eigenvalue weighted by Gasteiger charge is 2.29. The van der Waals surface area contributed by atoms with E-state index in [1.807, 2.05) is 0 Å². The fourth-order valence-electron chi connectivity index (χ4n) is 1.93. The number of ether oxygens (including phenoxy) is 1. The summed E-state index contributed by atoms with van der Waals surface area (Å²) in [6.45, 7) is 2.59. The molecule has 1 fully saturated rings. The van der Waals surface area contributed by atoms with Gasteiger partial charge in [0.05, 0.1) is 0 Å². The van der Waals surface area contributed by atoms with Crippen LogP contribution in [-0.4, -0.2) is 48.8 Å². The molecule has 14 heavy (non-hydrogen) atoms. The third-order valence-corrected chi connectivity index (χ3v) is 2.69. The van der Waals surface area contributed by atoms with Gasteiger partial charge in [-0.15, -0.1) is 0 Å². The molecule has 1 heterocycles. The van der Waals surface area contributed by atoms with Gasteiger partial charge in [-0.3, -0.25) is 9.69 Å². The zero-order chi connectivity index (χ0) is 10.4. The van der Waals surface area contributed by atoms with Crippen LogP contribution in [0.2, 0.25) is 0 Å². The third kappa shape index (κ3) is 3.27. The second-order valence-electron chi connectivity index (χ2n) is 3.73. The summed E-state index contributed by atoms with van der Waals surface area (Å²) in [6.07, 6.45) is 3.86. The van der Waals surface area contributed by atoms with Crippen LogP contribution in [0, 0.1) is 0 Å². The number of nitrogens with zero attached hydrogens (tertiary/aromatic N) is 1. The molecule has 0 saturated carbocycles. The summed E-state index contributed by atoms with van der Waals surface area (Å²) in [6, 6.07) is -0.238. The summed E-state index contributed by atoms with van der Waals surface area (Å²) in [7, 11) is 1.69. The van der Waals surface area contributed by atoms with Crippen LogP contribution < -0.4 is 0 Å². The van der Waals surface area contributed by atoms with E-state index >= 15 is 0 Å². The first kappa shape index (κ1) is 11.5. The number of hydrogen-bond donors (Lipinski definition) is 1. The SMILES string of the molecule is COCCCCN1CCCC1C(=O)O. The molecule has 82 valence electrons. The molecule has 1 rings (SSSR count). The Labute approximate surface area is 84.8 Å². The van der Waals surface area contributed by atoms with Crippen LogP contribution in [0.3, 0.4) is 0 Å². The predicted molar refractivity (Wildman–Crippen MR) is 53.3 cm³/mol. The third-order valence-electron chi connectivity index (χ3n) is 2.69. The maximum Gasteiger partial charge on any atom is 0.320 e. The first-order valence-electron chi connectivity index (χ1n) is 5.21. The second kappa shape index (κ2) is 5.98. The Morgan fingerprint density at radius 2 is 2.36 bits per heavy atom. The highest BCUT2D eigenvalue weighted by Crippen LogP contribution is 2.17. The number of rotatable bonds is 6. The van der Waals surface area contributed by atoms with Crippen molar-refractivity contribution in [3.05, 3.63) is 0 Å². The van der Waals surface area contributed by atoms with Gasteiger partial charge in [0, 0.05) is 13.7 Å². The van der Waals surface area contributed by atoms with E-state index in [-0.39, 0.29) is 6.04 Å². The Morgan fingerprint density at radius 1 is 1.57 bits per heavy atom. The fourth-order valence-corrected chi connectivity index (χ4v) is 1.93. The number of carboxylic acid groups (broad SMARTS) is 1. The highest BCUT2D eigenvalue weighted by atomic mass is 16.5. The first-order chi connectivity index (χ1) is 6.75. The standard InChI is InChI=1S/C10H19NO3/c1-14-8-3-2-6-11-7-4-5-9(11)10(12)13/h9H,2-8H2,1H3,(H,12,13). The normalized spacial score (nSPS) is 22.8. The first-order valence-corrected chi connectivity index (χ1v) is 5.21. The molecule has 1 aliphatic rings. The lowest BCUT2D eigenvalue weighted by Gasteiger charge is -2.20. The molecule has 1 N–H and O–H groups in total. The molecule has 4 nitrogen and oxygen atoms in total. The topological polar surface area (TPSA) is 49.8 Å². The van der Waals surface area contributed by atoms with E-state index in [0.29, 0.717) is 0 Å². The summed E-state index contributed by atoms with van der Waals surface area (Å²) in [5.74, 6) is -0.672. The average molecular weight is 201 g/mol. The molecule has 0 aromatic rings. The van der Waals surface area contributed by atoms with Gasteiger partial charge in [-0.1, -0.05) is 0 Å². The monoisotopic (exact) mass is 201 g/mol. The van der Waals surface area contributed by atoms with E-state index in [2.05, 4.69) is 4.90 Å². The van der Waals surface area contributed by atoms with Crippen molar-refractivity contribution in [1.29, 1.82) is 0 Å². The number of carboxylic acids is 1. The van der Waals surface area contributed by atoms with Crippen LogP contribution in [0.5, 0.6) is 0 Å². The number of aliphatic carboxylic acids is 1. The lowest BCUT2D eigenvalue weighted by molar-refractivity contribution is -0.142. The van der Waals surface area contributed by atoms with E-state index in [1.165, 1.54) is 0 Å². The molecule has 0 aromatic heterocycles. The van der Waals surface area contributed by atoms with Gasteiger partial charge in [0.25, 0.3) is 0 Å². The molecular weight excluding hydrogens is 182 g/mol. The van der Waals surface area contributed by atoms with Crippen LogP contribution in [0.15, 0.2) is 0 Å². The van der Waals surface area contributed by atoms with Crippen molar-refractivity contribution < 1.29 is 14.6 Å². The number of unbranched alkanes of at least 4 members (excludes halogenated alkanes) is 1. The number of likely N-dealkylation sites (tertiary alicyclic amines) is 1. The van der Waals surface area contributed by atoms with Gasteiger partial charge in [0.15, 0.2) is 0 Å². The molecule has 4 heteroatoms. The molecule has 0 radical (unpaired) electrons. The number of hydrogen-bond acceptors (Lipinski definition) is 3. The molecule has 0 bridgehead atoms. The van der Waals surface area contributed by atoms with Crippen molar-refractivity contribution in [3.63, 3.8) is 0 Å². The van der Waals surface area contributed by atoms with E-state index in [4.69, 9.17) is 9.84 Å². The Morgan fingerprint density at radius 3 is 3.00 bits per heavy atom. The van der Waals surface area contributed by atoms with Crippen molar-refractivity contribution in [2.75, 3.05) is 26.8 Å². The van der Waals surface area contributed by atoms with Crippen LogP contribution in [0.1, 0.15) is 25.7 Å². The highest BCUT2D eigenvalue weighted by molar-refractivity contribution is 5.73. The molecule has 0 aliphatic carbocycles. The Balaban J connectivity index is 2.19. The Kier molecular flexibility index (Phi) is 4.90. The number of methoxy groups -OCH3 is 1. The van der Waals surface area contributed by atoms with E-state index in [9.17, 15) is 4.79 Å². The number of carbonyl (C=O) groups is 1. The van der Waals surface area contributed by atoms with Crippen molar-refractivity contribution in [1.82, 2.24) is 4.90 Å². The zero-order valence-electron chi connectivity index (χ0n) is 8.74. The molecule has 1 unspecified atom stereocenters. The summed E-state index contributed by atoms with van der Waals surface area (Å²) >= 11 is 0. The fraction of sp³-hybridized carbons (Fsp3) is 0.900. The van der Waals surface area contributed by atoms with Crippen molar-refractivity contribution in [3.8, 4) is 0 Å². The molecule has 1 aliphatic heterocycles. The van der Waals surface area contributed by atoms with Gasteiger partial charge in [0.1, 0.15) is 6.04 Å². The summed E-state index contributed by atoms with van der Waals surface area (Å²) in [5, 5.41) is 8.92. The van der Waals surface area contributed by atoms with Gasteiger partial charge in [-0.05, 0) is 38.8 Å². The molecule has 1 atom stereocenters. The van der Waals surface area contributed by atoms with Gasteiger partial charge in [-0.2, -0.15) is 0 Å². The van der Waals surface area contributed by atoms with E-state index < -0.39 is 5.97 Å². The van der Waals surface area contributed by atoms with Gasteiger partial charge in [0.2, 0.25) is 0 Å². The van der Waals surface area contributed by atoms with Crippen molar-refractivity contribution in [2.45, 2.75) is 31.7 Å². The van der Waals surface area contributed by atoms with Crippen LogP contribution >= 0.6 is 0 Å². The second-order valence-corrected chi connectivity index (χ2v) is 3.73. The Bertz CT molecular complexity index is 184. The summed E-state index contributed by atoms with van der Waals surface area (Å²) < 4.78 is 4.95. The average Bonchev–Trinajstić information content (AvgIpc) is 2.60. The van der Waals surface area contributed by atoms with Gasteiger partial charge < -0.3 is 9.84 Å². The maximum atomic E-state index is 10.8. The predicted octanol–water partition coefficient (Wildman–Crippen LogP) is 0.962. The molecule has 1 saturated heterocycles. The largest absolute Gasteiger partial charge is 0.480 e. The summed E-state index contributed by atoms with van der Waals surface area (Å²) in [5.41, 5.74) is 0. The molecule has 0 amide bonds.